The molecule has 2 aromatic heterocycles. The zero-order valence-electron chi connectivity index (χ0n) is 54.1. The van der Waals surface area contributed by atoms with E-state index in [0.29, 0.717) is 0 Å². The summed E-state index contributed by atoms with van der Waals surface area (Å²) in [7, 11) is 0. The molecule has 3 heterocycles. The van der Waals surface area contributed by atoms with E-state index in [0.717, 1.165) is 0 Å². The first-order valence-corrected chi connectivity index (χ1v) is 28.2. The van der Waals surface area contributed by atoms with Crippen LogP contribution in [0, 0.1) is 0 Å². The second-order valence-electron chi connectivity index (χ2n) is 23.4. The largest absolute Gasteiger partial charge is 0.457 e. The van der Waals surface area contributed by atoms with Gasteiger partial charge in [-0.15, -0.1) is 9.97 Å². The summed E-state index contributed by atoms with van der Waals surface area (Å²) in [6.07, 6.45) is -19.4. The molecule has 121 heavy (non-hydrogen) atoms. The van der Waals surface area contributed by atoms with Crippen LogP contribution >= 0.6 is 0 Å². The Bertz CT molecular complexity index is 3790. The quantitative estimate of drug-likeness (QED) is 0.0589. The van der Waals surface area contributed by atoms with E-state index in [1.807, 2.05) is 4.98 Å². The molecule has 1 fully saturated rings. The second kappa shape index (κ2) is 30.9. The molecule has 1 aliphatic rings. The topological polar surface area (TPSA) is 121 Å². The van der Waals surface area contributed by atoms with Crippen LogP contribution in [0.3, 0.4) is 0 Å². The molecule has 0 N–H and O–H groups in total. The van der Waals surface area contributed by atoms with Gasteiger partial charge in [-0.3, -0.25) is 0 Å². The fourth-order valence-electron chi connectivity index (χ4n) is 7.92. The van der Waals surface area contributed by atoms with Crippen LogP contribution in [-0.4, -0.2) is 274 Å². The van der Waals surface area contributed by atoms with Crippen molar-refractivity contribution in [3.8, 4) is 24.0 Å². The van der Waals surface area contributed by atoms with E-state index < -0.39 is 280 Å². The summed E-state index contributed by atoms with van der Waals surface area (Å²) in [6.45, 7) is -29.8. The van der Waals surface area contributed by atoms with Gasteiger partial charge >= 0.3 is 209 Å². The zero-order valence-corrected chi connectivity index (χ0v) is 54.1. The molecule has 75 heteroatoms. The van der Waals surface area contributed by atoms with Gasteiger partial charge in [0.05, 0.1) is 0 Å². The molecule has 1 saturated heterocycles. The molecule has 0 aromatic carbocycles. The number of halogens is 63. The Morgan fingerprint density at radius 1 is 0.198 bits per heavy atom. The molecule has 0 saturated carbocycles. The molecule has 0 spiro atoms. The Morgan fingerprint density at radius 2 is 0.331 bits per heavy atom. The molecule has 0 unspecified atom stereocenters. The molecule has 3 rings (SSSR count). The molecule has 1 aliphatic heterocycles. The maximum absolute atomic E-state index is 15.0. The highest BCUT2D eigenvalue weighted by Crippen LogP contribution is 2.69. The van der Waals surface area contributed by atoms with Crippen molar-refractivity contribution in [2.24, 2.45) is 0 Å². The Kier molecular flexibility index (Phi) is 27.5. The van der Waals surface area contributed by atoms with Gasteiger partial charge in [-0.25, -0.2) is 30.7 Å². The second-order valence-corrected chi connectivity index (χ2v) is 23.4. The number of hydrogen-bond acceptors (Lipinski definition) is 12. The first-order chi connectivity index (χ1) is 52.6. The number of anilines is 2. The summed E-state index contributed by atoms with van der Waals surface area (Å²) < 4.78 is 900. The van der Waals surface area contributed by atoms with Crippen LogP contribution < -0.4 is 28.7 Å². The third-order valence-electron chi connectivity index (χ3n) is 15.4. The molecule has 12 nitrogen and oxygen atoms in total. The fourth-order valence-corrected chi connectivity index (χ4v) is 7.92. The lowest BCUT2D eigenvalue weighted by Crippen LogP contribution is -2.74. The van der Waals surface area contributed by atoms with Crippen LogP contribution in [0.4, 0.5) is 288 Å². The molecular weight excluding hydrogens is 1930 g/mol. The average molecular weight is 1950 g/mol. The zero-order chi connectivity index (χ0) is 96.8. The van der Waals surface area contributed by atoms with E-state index in [2.05, 4.69) is 43.9 Å². The molecule has 0 radical (unpaired) electrons. The third-order valence-corrected chi connectivity index (χ3v) is 15.4. The molecule has 0 atom stereocenters. The van der Waals surface area contributed by atoms with Gasteiger partial charge in [0, 0.05) is 26.2 Å². The van der Waals surface area contributed by atoms with Crippen molar-refractivity contribution in [1.82, 2.24) is 29.9 Å². The van der Waals surface area contributed by atoms with Crippen LogP contribution in [0.25, 0.3) is 0 Å². The Hall–Kier alpha value is -7.59. The first kappa shape index (κ1) is 108. The van der Waals surface area contributed by atoms with E-state index in [1.165, 1.54) is 0 Å². The summed E-state index contributed by atoms with van der Waals surface area (Å²) in [5.41, 5.74) is 0. The number of ether oxygens (including phenoxy) is 4. The van der Waals surface area contributed by atoms with Crippen LogP contribution in [0.1, 0.15) is 0 Å². The molecule has 710 valence electrons. The number of piperazine rings is 1. The summed E-state index contributed by atoms with van der Waals surface area (Å²) >= 11 is 0. The average Bonchev–Trinajstić information content (AvgIpc) is 0.709. The minimum Gasteiger partial charge on any atom is -0.457 e. The van der Waals surface area contributed by atoms with Crippen LogP contribution in [0.5, 0.6) is 24.0 Å². The molecular formula is C46H21F63N8O4. The van der Waals surface area contributed by atoms with Crippen molar-refractivity contribution in [1.29, 1.82) is 0 Å². The SMILES string of the molecule is FCC(F)(F)C(F)(F)C(F)(F)C(F)(F)C(F)(F)C(F)(F)C(F)(F)COc1nc(OCC(F)(F)C(F)(F)C(F)(F)C(F)(F)C(F)(F)C(F)(F)C(F)(F)C(F)F)nc(N2CCN(c3nc(OCC(F)(F)C(F)(F)C(F)(F)C(F)(F)C(F)(F)C(F)(F)C(F)(F)C(F)F)nc(OCC(F)(F)C(F)(F)C(F)(F)C(F)(F)C(F)(F)C(F)(F)C(F)(F)C(F)F)n3)CC2)n1. The van der Waals surface area contributed by atoms with Crippen LogP contribution in [0.2, 0.25) is 0 Å². The minimum absolute atomic E-state index is 0.358. The molecule has 2 aromatic rings. The van der Waals surface area contributed by atoms with E-state index in [4.69, 9.17) is 0 Å². The maximum atomic E-state index is 15.0. The number of nitrogens with zero attached hydrogens (tertiary/aromatic N) is 8. The van der Waals surface area contributed by atoms with Gasteiger partial charge in [-0.2, -0.15) is 266 Å². The fraction of sp³-hybridized carbons (Fsp3) is 0.870. The number of aromatic nitrogens is 6. The van der Waals surface area contributed by atoms with E-state index in [-0.39, 0.29) is 9.80 Å². The van der Waals surface area contributed by atoms with Crippen molar-refractivity contribution in [2.45, 2.75) is 185 Å². The lowest BCUT2D eigenvalue weighted by Gasteiger charge is -2.42. The summed E-state index contributed by atoms with van der Waals surface area (Å²) in [5.74, 6) is -249. The number of alkyl halides is 63. The van der Waals surface area contributed by atoms with Crippen molar-refractivity contribution in [2.75, 3.05) is 69.1 Å². The highest BCUT2D eigenvalue weighted by Gasteiger charge is 2.98. The van der Waals surface area contributed by atoms with Gasteiger partial charge in [0.25, 0.3) is 0 Å². The van der Waals surface area contributed by atoms with Gasteiger partial charge in [0.15, 0.2) is 33.1 Å². The van der Waals surface area contributed by atoms with Gasteiger partial charge in [-0.1, -0.05) is 0 Å². The Morgan fingerprint density at radius 3 is 0.471 bits per heavy atom. The normalized spacial score (nSPS) is 16.8. The maximum Gasteiger partial charge on any atom is 0.385 e. The summed E-state index contributed by atoms with van der Waals surface area (Å²) in [5, 5.41) is 0. The van der Waals surface area contributed by atoms with Crippen molar-refractivity contribution >= 4 is 11.9 Å². The highest BCUT2D eigenvalue weighted by atomic mass is 19.4. The predicted molar refractivity (Wildman–Crippen MR) is 249 cm³/mol. The lowest BCUT2D eigenvalue weighted by molar-refractivity contribution is -0.447. The molecule has 0 amide bonds. The lowest BCUT2D eigenvalue weighted by atomic mass is 9.89. The highest BCUT2D eigenvalue weighted by molar-refractivity contribution is 5.40. The Balaban J connectivity index is 2.43. The van der Waals surface area contributed by atoms with E-state index in [9.17, 15) is 277 Å². The van der Waals surface area contributed by atoms with Crippen molar-refractivity contribution < 1.29 is 296 Å². The minimum atomic E-state index is -9.34. The van der Waals surface area contributed by atoms with Crippen LogP contribution in [-0.2, 0) is 0 Å². The molecule has 0 bridgehead atoms. The van der Waals surface area contributed by atoms with Crippen LogP contribution in [0.15, 0.2) is 0 Å². The standard InChI is InChI=1S/C46H21F63N8O4/c47-5-19(54,55)27(70,71)35(86,87)43(102,103)36(88,89)28(72,73)20(56,57)6-118-15-110-13(111-16(114-15)119-7-21(58,59)29(74,75)37(90,91)44(104,105)40(96,97)32(80,81)24(64,65)10(48)49)116-1-3-117(4-2-116)14-112-17(120-8-22(60,61)30(76,77)38(92,93)45(106,107)41(98,99)33(82,83)25(66,67)11(50)51)115-18(113-14)121-9-23(62,63)31(78,79)39(94,95)46(108,109)42(100,101)34(84,85)26(68,69)12(52)53/h10-12H,1-9H2. The summed E-state index contributed by atoms with van der Waals surface area (Å²) in [4.78, 5) is 13.3. The summed E-state index contributed by atoms with van der Waals surface area (Å²) in [6, 6.07) is -12.4. The van der Waals surface area contributed by atoms with Gasteiger partial charge in [-0.05, 0) is 0 Å². The van der Waals surface area contributed by atoms with Gasteiger partial charge in [0.1, 0.15) is 0 Å². The first-order valence-electron chi connectivity index (χ1n) is 28.2. The number of hydrogen-bond donors (Lipinski definition) is 0. The van der Waals surface area contributed by atoms with Gasteiger partial charge in [0.2, 0.25) is 11.9 Å². The Labute approximate surface area is 616 Å². The van der Waals surface area contributed by atoms with E-state index in [1.54, 1.807) is 0 Å². The monoisotopic (exact) mass is 1950 g/mol. The van der Waals surface area contributed by atoms with Crippen molar-refractivity contribution in [3.05, 3.63) is 0 Å². The smallest absolute Gasteiger partial charge is 0.385 e. The van der Waals surface area contributed by atoms with Gasteiger partial charge < -0.3 is 28.7 Å². The van der Waals surface area contributed by atoms with E-state index >= 15 is 0 Å². The predicted octanol–water partition coefficient (Wildman–Crippen LogP) is 19.5. The third kappa shape index (κ3) is 15.7. The molecule has 0 aliphatic carbocycles. The van der Waals surface area contributed by atoms with Crippen molar-refractivity contribution in [3.63, 3.8) is 0 Å². The number of rotatable bonds is 42.